The Bertz CT molecular complexity index is 536. The van der Waals surface area contributed by atoms with Gasteiger partial charge in [-0.25, -0.2) is 4.79 Å². The minimum Gasteiger partial charge on any atom is -0.333 e. The molecule has 0 radical (unpaired) electrons. The summed E-state index contributed by atoms with van der Waals surface area (Å²) in [6, 6.07) is 6.04. The predicted molar refractivity (Wildman–Crippen MR) is 90.0 cm³/mol. The zero-order chi connectivity index (χ0) is 15.9. The highest BCUT2D eigenvalue weighted by Gasteiger charge is 2.51. The van der Waals surface area contributed by atoms with Crippen LogP contribution in [0.25, 0.3) is 0 Å². The van der Waals surface area contributed by atoms with Crippen molar-refractivity contribution in [1.82, 2.24) is 15.2 Å². The first-order valence-corrected chi connectivity index (χ1v) is 9.05. The molecular weight excluding hydrogens is 286 g/mol. The van der Waals surface area contributed by atoms with E-state index in [4.69, 9.17) is 0 Å². The van der Waals surface area contributed by atoms with Gasteiger partial charge in [0.05, 0.1) is 0 Å². The van der Waals surface area contributed by atoms with Crippen molar-refractivity contribution in [2.75, 3.05) is 13.6 Å². The first-order chi connectivity index (χ1) is 11.1. The summed E-state index contributed by atoms with van der Waals surface area (Å²) in [6.45, 7) is 0.717. The quantitative estimate of drug-likeness (QED) is 0.927. The van der Waals surface area contributed by atoms with Crippen molar-refractivity contribution in [3.8, 4) is 0 Å². The molecule has 1 N–H and O–H groups in total. The molecule has 4 aliphatic carbocycles. The zero-order valence-corrected chi connectivity index (χ0v) is 14.0. The number of pyridine rings is 1. The number of carbonyl (C=O) groups excluding carboxylic acids is 1. The van der Waals surface area contributed by atoms with E-state index in [0.717, 1.165) is 36.4 Å². The molecule has 0 aromatic carbocycles. The fourth-order valence-corrected chi connectivity index (χ4v) is 5.52. The Balaban J connectivity index is 1.34. The SMILES string of the molecule is CN(CCc1ccccn1)C(=O)NC12CC3CC(CC(C3)C1)C2. The Morgan fingerprint density at radius 2 is 1.87 bits per heavy atom. The van der Waals surface area contributed by atoms with E-state index >= 15 is 0 Å². The number of urea groups is 1. The number of aromatic nitrogens is 1. The highest BCUT2D eigenvalue weighted by molar-refractivity contribution is 5.75. The van der Waals surface area contributed by atoms with E-state index < -0.39 is 0 Å². The molecule has 1 heterocycles. The van der Waals surface area contributed by atoms with Gasteiger partial charge in [0.2, 0.25) is 0 Å². The lowest BCUT2D eigenvalue weighted by atomic mass is 9.53. The van der Waals surface area contributed by atoms with Gasteiger partial charge < -0.3 is 10.2 Å². The van der Waals surface area contributed by atoms with Gasteiger partial charge in [0.15, 0.2) is 0 Å². The van der Waals surface area contributed by atoms with E-state index in [1.54, 1.807) is 0 Å². The molecule has 0 atom stereocenters. The molecule has 5 rings (SSSR count). The first-order valence-electron chi connectivity index (χ1n) is 9.05. The monoisotopic (exact) mass is 313 g/mol. The molecule has 4 heteroatoms. The van der Waals surface area contributed by atoms with Crippen LogP contribution >= 0.6 is 0 Å². The Kier molecular flexibility index (Phi) is 3.78. The summed E-state index contributed by atoms with van der Waals surface area (Å²) in [5, 5.41) is 3.43. The number of hydrogen-bond acceptors (Lipinski definition) is 2. The second kappa shape index (κ2) is 5.81. The van der Waals surface area contributed by atoms with Gasteiger partial charge in [0.1, 0.15) is 0 Å². The maximum atomic E-state index is 12.6. The molecular formula is C19H27N3O. The fourth-order valence-electron chi connectivity index (χ4n) is 5.52. The molecule has 4 nitrogen and oxygen atoms in total. The van der Waals surface area contributed by atoms with Crippen LogP contribution in [0.2, 0.25) is 0 Å². The first kappa shape index (κ1) is 15.0. The van der Waals surface area contributed by atoms with Gasteiger partial charge in [-0.15, -0.1) is 0 Å². The van der Waals surface area contributed by atoms with Gasteiger partial charge in [0, 0.05) is 37.4 Å². The standard InChI is InChI=1S/C19H27N3O/c1-22(7-5-17-4-2-3-6-20-17)18(23)21-19-11-14-8-15(12-19)10-16(9-14)13-19/h2-4,6,14-16H,5,7-13H2,1H3,(H,21,23). The van der Waals surface area contributed by atoms with Crippen LogP contribution in [-0.4, -0.2) is 35.0 Å². The molecule has 1 aromatic heterocycles. The summed E-state index contributed by atoms with van der Waals surface area (Å²) >= 11 is 0. The third-order valence-corrected chi connectivity index (χ3v) is 6.19. The van der Waals surface area contributed by atoms with E-state index in [0.29, 0.717) is 0 Å². The second-order valence-electron chi connectivity index (χ2n) is 8.12. The number of hydrogen-bond donors (Lipinski definition) is 1. The highest BCUT2D eigenvalue weighted by Crippen LogP contribution is 2.55. The van der Waals surface area contributed by atoms with Crippen LogP contribution in [0.15, 0.2) is 24.4 Å². The van der Waals surface area contributed by atoms with E-state index in [1.807, 2.05) is 36.3 Å². The number of nitrogens with zero attached hydrogens (tertiary/aromatic N) is 2. The number of likely N-dealkylation sites (N-methyl/N-ethyl adjacent to an activating group) is 1. The lowest BCUT2D eigenvalue weighted by Crippen LogP contribution is -2.61. The van der Waals surface area contributed by atoms with Gasteiger partial charge in [-0.05, 0) is 68.4 Å². The van der Waals surface area contributed by atoms with Crippen LogP contribution in [0.4, 0.5) is 4.79 Å². The molecule has 0 unspecified atom stereocenters. The molecule has 0 spiro atoms. The zero-order valence-electron chi connectivity index (χ0n) is 14.0. The van der Waals surface area contributed by atoms with Crippen molar-refractivity contribution < 1.29 is 4.79 Å². The molecule has 4 aliphatic rings. The maximum Gasteiger partial charge on any atom is 0.317 e. The summed E-state index contributed by atoms with van der Waals surface area (Å²) < 4.78 is 0. The van der Waals surface area contributed by atoms with Crippen molar-refractivity contribution >= 4 is 6.03 Å². The fraction of sp³-hybridized carbons (Fsp3) is 0.684. The van der Waals surface area contributed by atoms with Crippen molar-refractivity contribution in [3.05, 3.63) is 30.1 Å². The van der Waals surface area contributed by atoms with Gasteiger partial charge >= 0.3 is 6.03 Å². The molecule has 124 valence electrons. The van der Waals surface area contributed by atoms with E-state index in [-0.39, 0.29) is 11.6 Å². The number of nitrogens with one attached hydrogen (secondary N) is 1. The van der Waals surface area contributed by atoms with E-state index in [1.165, 1.54) is 38.5 Å². The summed E-state index contributed by atoms with van der Waals surface area (Å²) in [4.78, 5) is 18.8. The predicted octanol–water partition coefficient (Wildman–Crippen LogP) is 3.23. The number of rotatable bonds is 4. The second-order valence-corrected chi connectivity index (χ2v) is 8.12. The molecule has 4 bridgehead atoms. The number of amides is 2. The molecule has 4 saturated carbocycles. The maximum absolute atomic E-state index is 12.6. The third-order valence-electron chi connectivity index (χ3n) is 6.19. The average molecular weight is 313 g/mol. The Hall–Kier alpha value is -1.58. The van der Waals surface area contributed by atoms with Crippen LogP contribution < -0.4 is 5.32 Å². The topological polar surface area (TPSA) is 45.2 Å². The van der Waals surface area contributed by atoms with Crippen LogP contribution in [0.1, 0.15) is 44.2 Å². The lowest BCUT2D eigenvalue weighted by Gasteiger charge is -2.57. The lowest BCUT2D eigenvalue weighted by molar-refractivity contribution is -0.0152. The Morgan fingerprint density at radius 1 is 1.22 bits per heavy atom. The van der Waals surface area contributed by atoms with Crippen molar-refractivity contribution in [2.24, 2.45) is 17.8 Å². The van der Waals surface area contributed by atoms with Crippen LogP contribution in [0, 0.1) is 17.8 Å². The third kappa shape index (κ3) is 3.08. The summed E-state index contributed by atoms with van der Waals surface area (Å²) in [6.07, 6.45) is 10.5. The summed E-state index contributed by atoms with van der Waals surface area (Å²) in [5.74, 6) is 2.58. The van der Waals surface area contributed by atoms with E-state index in [2.05, 4.69) is 10.3 Å². The molecule has 1 aromatic rings. The van der Waals surface area contributed by atoms with Gasteiger partial charge in [-0.2, -0.15) is 0 Å². The van der Waals surface area contributed by atoms with Crippen molar-refractivity contribution in [1.29, 1.82) is 0 Å². The molecule has 0 saturated heterocycles. The minimum atomic E-state index is 0.0999. The highest BCUT2D eigenvalue weighted by atomic mass is 16.2. The largest absolute Gasteiger partial charge is 0.333 e. The number of carbonyl (C=O) groups is 1. The van der Waals surface area contributed by atoms with Crippen LogP contribution in [0.3, 0.4) is 0 Å². The molecule has 2 amide bonds. The smallest absolute Gasteiger partial charge is 0.317 e. The van der Waals surface area contributed by atoms with Crippen LogP contribution in [0.5, 0.6) is 0 Å². The molecule has 23 heavy (non-hydrogen) atoms. The summed E-state index contributed by atoms with van der Waals surface area (Å²) in [7, 11) is 1.90. The Morgan fingerprint density at radius 3 is 2.43 bits per heavy atom. The molecule has 0 aliphatic heterocycles. The van der Waals surface area contributed by atoms with Crippen LogP contribution in [-0.2, 0) is 6.42 Å². The Labute approximate surface area is 138 Å². The van der Waals surface area contributed by atoms with Gasteiger partial charge in [-0.3, -0.25) is 4.98 Å². The van der Waals surface area contributed by atoms with Crippen molar-refractivity contribution in [3.63, 3.8) is 0 Å². The normalized spacial score (nSPS) is 34.4. The van der Waals surface area contributed by atoms with Crippen molar-refractivity contribution in [2.45, 2.75) is 50.5 Å². The summed E-state index contributed by atoms with van der Waals surface area (Å²) in [5.41, 5.74) is 1.15. The average Bonchev–Trinajstić information content (AvgIpc) is 2.51. The van der Waals surface area contributed by atoms with Gasteiger partial charge in [0.25, 0.3) is 0 Å². The molecule has 4 fully saturated rings. The van der Waals surface area contributed by atoms with Gasteiger partial charge in [-0.1, -0.05) is 6.07 Å². The van der Waals surface area contributed by atoms with E-state index in [9.17, 15) is 4.79 Å². The minimum absolute atomic E-state index is 0.0999.